The smallest absolute Gasteiger partial charge is 0.239 e. The molecule has 16 heteroatoms. The summed E-state index contributed by atoms with van der Waals surface area (Å²) in [5, 5.41) is 92.1. The molecule has 10 atom stereocenters. The minimum absolute atomic E-state index is 0.0151. The minimum Gasteiger partial charge on any atom is -0.508 e. The Morgan fingerprint density at radius 2 is 1.48 bits per heavy atom. The number of aliphatic hydroxyl groups excluding tert-OH is 6. The van der Waals surface area contributed by atoms with Crippen LogP contribution in [0, 0.1) is 0 Å². The zero-order chi connectivity index (χ0) is 32.0. The Hall–Kier alpha value is -3.71. The summed E-state index contributed by atoms with van der Waals surface area (Å²) in [6, 6.07) is 5.83. The van der Waals surface area contributed by atoms with Gasteiger partial charge in [-0.3, -0.25) is 4.79 Å². The molecule has 2 aliphatic heterocycles. The maximum Gasteiger partial charge on any atom is 0.239 e. The van der Waals surface area contributed by atoms with Crippen molar-refractivity contribution in [3.05, 3.63) is 40.6 Å². The van der Waals surface area contributed by atoms with Crippen LogP contribution in [-0.4, -0.2) is 121 Å². The van der Waals surface area contributed by atoms with E-state index in [-0.39, 0.29) is 28.4 Å². The molecule has 3 heterocycles. The van der Waals surface area contributed by atoms with E-state index in [9.17, 15) is 50.8 Å². The zero-order valence-corrected chi connectivity index (χ0v) is 23.3. The fourth-order valence-corrected chi connectivity index (χ4v) is 4.99. The summed E-state index contributed by atoms with van der Waals surface area (Å²) in [6.45, 7) is 0.845. The molecular formula is C28H32O16. The second kappa shape index (κ2) is 12.4. The van der Waals surface area contributed by atoms with E-state index in [1.807, 2.05) is 0 Å². The van der Waals surface area contributed by atoms with Crippen LogP contribution in [0.3, 0.4) is 0 Å². The number of fused-ring (bicyclic) bond motifs is 1. The Morgan fingerprint density at radius 1 is 0.795 bits per heavy atom. The number of aliphatic hydroxyl groups is 6. The molecule has 0 radical (unpaired) electrons. The molecule has 9 N–H and O–H groups in total. The lowest BCUT2D eigenvalue weighted by Crippen LogP contribution is -2.61. The number of ether oxygens (including phenoxy) is 5. The number of methoxy groups -OCH3 is 1. The highest BCUT2D eigenvalue weighted by Gasteiger charge is 2.47. The first-order chi connectivity index (χ1) is 20.8. The summed E-state index contributed by atoms with van der Waals surface area (Å²) in [7, 11) is 1.28. The van der Waals surface area contributed by atoms with Crippen LogP contribution in [0.1, 0.15) is 6.92 Å². The number of hydrogen-bond acceptors (Lipinski definition) is 16. The van der Waals surface area contributed by atoms with Crippen molar-refractivity contribution in [1.29, 1.82) is 0 Å². The van der Waals surface area contributed by atoms with Crippen molar-refractivity contribution in [2.75, 3.05) is 13.7 Å². The van der Waals surface area contributed by atoms with Crippen molar-refractivity contribution < 1.29 is 74.1 Å². The third kappa shape index (κ3) is 5.74. The van der Waals surface area contributed by atoms with Gasteiger partial charge in [-0.15, -0.1) is 0 Å². The summed E-state index contributed by atoms with van der Waals surface area (Å²) in [5.41, 5.74) is -1.11. The number of benzene rings is 2. The Bertz CT molecular complexity index is 1560. The molecule has 16 nitrogen and oxygen atoms in total. The van der Waals surface area contributed by atoms with Gasteiger partial charge in [0.05, 0.1) is 19.8 Å². The first-order valence-electron chi connectivity index (χ1n) is 13.4. The number of phenolic OH excluding ortho intramolecular Hbond substituents is 3. The van der Waals surface area contributed by atoms with Crippen LogP contribution >= 0.6 is 0 Å². The van der Waals surface area contributed by atoms with Gasteiger partial charge in [-0.25, -0.2) is 0 Å². The summed E-state index contributed by atoms with van der Waals surface area (Å²) >= 11 is 0. The van der Waals surface area contributed by atoms with Crippen molar-refractivity contribution in [3.63, 3.8) is 0 Å². The molecule has 0 spiro atoms. The molecular weight excluding hydrogens is 592 g/mol. The van der Waals surface area contributed by atoms with E-state index in [1.165, 1.54) is 32.2 Å². The average Bonchev–Trinajstić information content (AvgIpc) is 2.98. The zero-order valence-electron chi connectivity index (χ0n) is 23.3. The molecule has 0 amide bonds. The van der Waals surface area contributed by atoms with Gasteiger partial charge in [0.15, 0.2) is 23.5 Å². The molecule has 0 aliphatic carbocycles. The maximum absolute atomic E-state index is 13.7. The van der Waals surface area contributed by atoms with Crippen LogP contribution < -0.4 is 14.9 Å². The van der Waals surface area contributed by atoms with Gasteiger partial charge in [0.25, 0.3) is 0 Å². The van der Waals surface area contributed by atoms with Crippen molar-refractivity contribution in [2.24, 2.45) is 0 Å². The van der Waals surface area contributed by atoms with Gasteiger partial charge < -0.3 is 74.1 Å². The number of phenols is 3. The van der Waals surface area contributed by atoms with Crippen molar-refractivity contribution in [1.82, 2.24) is 0 Å². The van der Waals surface area contributed by atoms with E-state index in [4.69, 9.17) is 28.1 Å². The highest BCUT2D eigenvalue weighted by Crippen LogP contribution is 2.39. The minimum atomic E-state index is -1.94. The lowest BCUT2D eigenvalue weighted by Gasteiger charge is -2.42. The topological polar surface area (TPSA) is 258 Å². The fraction of sp³-hybridized carbons (Fsp3) is 0.464. The molecule has 2 unspecified atom stereocenters. The van der Waals surface area contributed by atoms with Crippen LogP contribution in [0.5, 0.6) is 28.7 Å². The van der Waals surface area contributed by atoms with Crippen LogP contribution in [0.15, 0.2) is 39.5 Å². The van der Waals surface area contributed by atoms with Gasteiger partial charge in [0, 0.05) is 17.7 Å². The first kappa shape index (κ1) is 31.7. The lowest BCUT2D eigenvalue weighted by molar-refractivity contribution is -0.318. The number of aromatic hydroxyl groups is 3. The lowest BCUT2D eigenvalue weighted by atomic mass is 9.98. The maximum atomic E-state index is 13.7. The molecule has 5 rings (SSSR count). The summed E-state index contributed by atoms with van der Waals surface area (Å²) in [5.74, 6) is -2.28. The monoisotopic (exact) mass is 624 g/mol. The second-order valence-corrected chi connectivity index (χ2v) is 10.5. The van der Waals surface area contributed by atoms with Crippen LogP contribution in [0.2, 0.25) is 0 Å². The number of rotatable bonds is 7. The van der Waals surface area contributed by atoms with Gasteiger partial charge in [0.2, 0.25) is 17.5 Å². The molecule has 0 bridgehead atoms. The quantitative estimate of drug-likeness (QED) is 0.147. The Labute approximate surface area is 248 Å². The molecule has 44 heavy (non-hydrogen) atoms. The SMILES string of the molecule is COc1cc(-c2oc3cc(O)cc(O)c3c(=O)c2O[C@@H]2OC(CO[C@@H]3OC(C)[C@H](O)[C@@H](O)[C@H]3O)[C@H](O)[C@H](O)[C@@H]2O)ccc1O. The molecule has 2 aromatic carbocycles. The molecule has 2 saturated heterocycles. The fourth-order valence-electron chi connectivity index (χ4n) is 4.99. The van der Waals surface area contributed by atoms with Gasteiger partial charge in [0.1, 0.15) is 65.2 Å². The largest absolute Gasteiger partial charge is 0.508 e. The van der Waals surface area contributed by atoms with Gasteiger partial charge in [-0.05, 0) is 25.1 Å². The first-order valence-corrected chi connectivity index (χ1v) is 13.4. The second-order valence-electron chi connectivity index (χ2n) is 10.5. The van der Waals surface area contributed by atoms with E-state index in [0.29, 0.717) is 0 Å². The standard InChI is InChI=1S/C28H32O16/c1-9-18(32)21(35)23(37)27(41-9)40-8-16-19(33)22(36)24(38)28(43-16)44-26-20(34)17-13(31)6-11(29)7-15(17)42-25(26)10-3-4-12(30)14(5-10)39-2/h3-7,9,16,18-19,21-24,27-33,35-38H,8H2,1-2H3/t9?,16?,18-,19-,21+,22-,23+,24-,27+,28-/m0/s1. The van der Waals surface area contributed by atoms with E-state index in [2.05, 4.69) is 0 Å². The summed E-state index contributed by atoms with van der Waals surface area (Å²) < 4.78 is 33.2. The Kier molecular flexibility index (Phi) is 8.90. The van der Waals surface area contributed by atoms with Crippen molar-refractivity contribution in [3.8, 4) is 40.1 Å². The molecule has 1 aromatic heterocycles. The number of hydrogen-bond donors (Lipinski definition) is 9. The van der Waals surface area contributed by atoms with E-state index in [0.717, 1.165) is 12.1 Å². The Morgan fingerprint density at radius 3 is 2.18 bits per heavy atom. The molecule has 2 aliphatic rings. The predicted molar refractivity (Wildman–Crippen MR) is 145 cm³/mol. The third-order valence-electron chi connectivity index (χ3n) is 7.50. The van der Waals surface area contributed by atoms with Crippen LogP contribution in [-0.2, 0) is 14.2 Å². The van der Waals surface area contributed by atoms with E-state index < -0.39 is 96.1 Å². The summed E-state index contributed by atoms with van der Waals surface area (Å²) in [4.78, 5) is 13.7. The van der Waals surface area contributed by atoms with Gasteiger partial charge >= 0.3 is 0 Å². The average molecular weight is 625 g/mol. The van der Waals surface area contributed by atoms with Gasteiger partial charge in [-0.1, -0.05) is 0 Å². The Balaban J connectivity index is 1.49. The molecule has 3 aromatic rings. The normalized spacial score (nSPS) is 32.5. The predicted octanol–water partition coefficient (Wildman–Crippen LogP) is -1.38. The van der Waals surface area contributed by atoms with Crippen LogP contribution in [0.4, 0.5) is 0 Å². The van der Waals surface area contributed by atoms with E-state index in [1.54, 1.807) is 0 Å². The third-order valence-corrected chi connectivity index (χ3v) is 7.50. The van der Waals surface area contributed by atoms with Gasteiger partial charge in [-0.2, -0.15) is 0 Å². The molecule has 0 saturated carbocycles. The summed E-state index contributed by atoms with van der Waals surface area (Å²) in [6.07, 6.45) is -16.0. The van der Waals surface area contributed by atoms with E-state index >= 15 is 0 Å². The van der Waals surface area contributed by atoms with Crippen molar-refractivity contribution >= 4 is 11.0 Å². The van der Waals surface area contributed by atoms with Crippen LogP contribution in [0.25, 0.3) is 22.3 Å². The highest BCUT2D eigenvalue weighted by molar-refractivity contribution is 5.88. The van der Waals surface area contributed by atoms with Crippen molar-refractivity contribution in [2.45, 2.75) is 68.3 Å². The molecule has 2 fully saturated rings. The highest BCUT2D eigenvalue weighted by atomic mass is 16.7. The molecule has 240 valence electrons.